The fraction of sp³-hybridized carbons (Fsp3) is 0.0714. The van der Waals surface area contributed by atoms with Gasteiger partial charge in [-0.15, -0.1) is 0 Å². The largest absolute Gasteiger partial charge is 0.488 e. The molecule has 2 aromatic carbocycles. The Kier molecular flexibility index (Phi) is 2.20. The Balaban J connectivity index is 2.20. The molecule has 0 aromatic heterocycles. The maximum absolute atomic E-state index is 12.3. The molecule has 1 heterocycles. The van der Waals surface area contributed by atoms with Crippen LogP contribution < -0.4 is 10.5 Å². The van der Waals surface area contributed by atoms with E-state index in [0.29, 0.717) is 17.9 Å². The molecular formula is C14H12NO2+. The fourth-order valence-electron chi connectivity index (χ4n) is 2.04. The molecule has 84 valence electrons. The van der Waals surface area contributed by atoms with Crippen LogP contribution in [0.1, 0.15) is 21.5 Å². The molecule has 0 fully saturated rings. The van der Waals surface area contributed by atoms with E-state index in [-0.39, 0.29) is 5.78 Å². The van der Waals surface area contributed by atoms with Crippen LogP contribution in [0.25, 0.3) is 0 Å². The molecule has 0 atom stereocenters. The van der Waals surface area contributed by atoms with Crippen molar-refractivity contribution in [3.63, 3.8) is 0 Å². The summed E-state index contributed by atoms with van der Waals surface area (Å²) in [5.74, 6) is 0.645. The molecule has 0 amide bonds. The van der Waals surface area contributed by atoms with Gasteiger partial charge in [-0.05, 0) is 12.1 Å². The van der Waals surface area contributed by atoms with Crippen molar-refractivity contribution < 1.29 is 15.3 Å². The Bertz CT molecular complexity index is 605. The summed E-state index contributed by atoms with van der Waals surface area (Å²) in [5, 5.41) is 0. The van der Waals surface area contributed by atoms with Crippen LogP contribution >= 0.6 is 0 Å². The first-order chi connectivity index (χ1) is 8.25. The summed E-state index contributed by atoms with van der Waals surface area (Å²) >= 11 is 0. The van der Waals surface area contributed by atoms with E-state index < -0.39 is 0 Å². The number of hydrogen-bond acceptors (Lipinski definition) is 2. The number of carbonyl (C=O) groups is 1. The van der Waals surface area contributed by atoms with Gasteiger partial charge in [-0.1, -0.05) is 24.3 Å². The highest BCUT2D eigenvalue weighted by molar-refractivity contribution is 6.12. The van der Waals surface area contributed by atoms with Gasteiger partial charge in [0.1, 0.15) is 18.0 Å². The number of fused-ring (bicyclic) bond motifs is 2. The number of ether oxygens (including phenoxy) is 1. The van der Waals surface area contributed by atoms with Gasteiger partial charge >= 0.3 is 0 Å². The molecule has 3 nitrogen and oxygen atoms in total. The lowest BCUT2D eigenvalue weighted by Gasteiger charge is -2.04. The Morgan fingerprint density at radius 2 is 1.88 bits per heavy atom. The lowest BCUT2D eigenvalue weighted by molar-refractivity contribution is -0.254. The van der Waals surface area contributed by atoms with Crippen LogP contribution in [0, 0.1) is 0 Å². The third-order valence-corrected chi connectivity index (χ3v) is 2.94. The minimum absolute atomic E-state index is 0.0214. The highest BCUT2D eigenvalue weighted by Crippen LogP contribution is 2.29. The maximum atomic E-state index is 12.3. The molecule has 0 saturated carbocycles. The van der Waals surface area contributed by atoms with Crippen molar-refractivity contribution in [3.05, 3.63) is 59.2 Å². The molecular weight excluding hydrogens is 214 g/mol. The van der Waals surface area contributed by atoms with Crippen LogP contribution in [-0.2, 0) is 6.61 Å². The summed E-state index contributed by atoms with van der Waals surface area (Å²) in [7, 11) is 0. The fourth-order valence-corrected chi connectivity index (χ4v) is 2.04. The molecule has 17 heavy (non-hydrogen) atoms. The first kappa shape index (κ1) is 10.1. The minimum Gasteiger partial charge on any atom is -0.488 e. The molecule has 0 saturated heterocycles. The van der Waals surface area contributed by atoms with Crippen LogP contribution in [0.5, 0.6) is 5.75 Å². The van der Waals surface area contributed by atoms with Gasteiger partial charge in [-0.2, -0.15) is 0 Å². The summed E-state index contributed by atoms with van der Waals surface area (Å²) in [6.45, 7) is 0.429. The van der Waals surface area contributed by atoms with Gasteiger partial charge in [0, 0.05) is 17.2 Å². The lowest BCUT2D eigenvalue weighted by atomic mass is 9.99. The summed E-state index contributed by atoms with van der Waals surface area (Å²) in [5.41, 5.74) is 6.96. The second-order valence-electron chi connectivity index (χ2n) is 4.11. The van der Waals surface area contributed by atoms with Crippen molar-refractivity contribution in [1.82, 2.24) is 0 Å². The number of quaternary nitrogens is 1. The molecule has 0 aliphatic carbocycles. The summed E-state index contributed by atoms with van der Waals surface area (Å²) in [4.78, 5) is 12.3. The van der Waals surface area contributed by atoms with E-state index >= 15 is 0 Å². The molecule has 3 heteroatoms. The Hall–Kier alpha value is -2.13. The van der Waals surface area contributed by atoms with Crippen molar-refractivity contribution in [2.24, 2.45) is 0 Å². The van der Waals surface area contributed by atoms with Crippen molar-refractivity contribution >= 4 is 11.5 Å². The smallest absolute Gasteiger partial charge is 0.197 e. The first-order valence-electron chi connectivity index (χ1n) is 5.47. The number of benzene rings is 2. The molecule has 0 unspecified atom stereocenters. The van der Waals surface area contributed by atoms with Gasteiger partial charge in [0.2, 0.25) is 0 Å². The van der Waals surface area contributed by atoms with E-state index in [2.05, 4.69) is 5.73 Å². The number of ketones is 1. The van der Waals surface area contributed by atoms with E-state index in [1.165, 1.54) is 0 Å². The zero-order valence-corrected chi connectivity index (χ0v) is 9.27. The average Bonchev–Trinajstić information content (AvgIpc) is 2.48. The third kappa shape index (κ3) is 1.61. The van der Waals surface area contributed by atoms with Gasteiger partial charge in [-0.25, -0.2) is 0 Å². The topological polar surface area (TPSA) is 53.9 Å². The highest BCUT2D eigenvalue weighted by Gasteiger charge is 2.22. The standard InChI is InChI=1S/C14H11NO2/c15-10-5-6-12-13(7-10)17-8-9-3-1-2-4-11(9)14(12)16/h1-7H,8,15H2/p+1. The predicted octanol–water partition coefficient (Wildman–Crippen LogP) is 1.68. The molecule has 1 aliphatic heterocycles. The van der Waals surface area contributed by atoms with Gasteiger partial charge < -0.3 is 10.5 Å². The monoisotopic (exact) mass is 226 g/mol. The van der Waals surface area contributed by atoms with Crippen LogP contribution in [0.4, 0.5) is 5.69 Å². The SMILES string of the molecule is [NH3+]c1ccc2c(c1)OCc1ccccc1C2=O. The van der Waals surface area contributed by atoms with Crippen LogP contribution in [0.2, 0.25) is 0 Å². The Labute approximate surface area is 98.8 Å². The normalized spacial score (nSPS) is 13.4. The van der Waals surface area contributed by atoms with E-state index in [9.17, 15) is 4.79 Å². The maximum Gasteiger partial charge on any atom is 0.197 e. The van der Waals surface area contributed by atoms with Crippen LogP contribution in [0.15, 0.2) is 42.5 Å². The zero-order chi connectivity index (χ0) is 11.8. The Morgan fingerprint density at radius 1 is 1.06 bits per heavy atom. The third-order valence-electron chi connectivity index (χ3n) is 2.94. The summed E-state index contributed by atoms with van der Waals surface area (Å²) in [6, 6.07) is 13.0. The zero-order valence-electron chi connectivity index (χ0n) is 9.27. The quantitative estimate of drug-likeness (QED) is 0.743. The minimum atomic E-state index is 0.0214. The van der Waals surface area contributed by atoms with E-state index in [1.54, 1.807) is 12.1 Å². The second-order valence-corrected chi connectivity index (χ2v) is 4.11. The van der Waals surface area contributed by atoms with Crippen molar-refractivity contribution in [2.45, 2.75) is 6.61 Å². The molecule has 3 N–H and O–H groups in total. The van der Waals surface area contributed by atoms with Crippen molar-refractivity contribution in [3.8, 4) is 5.75 Å². The highest BCUT2D eigenvalue weighted by atomic mass is 16.5. The van der Waals surface area contributed by atoms with E-state index in [4.69, 9.17) is 4.74 Å². The molecule has 1 aliphatic rings. The van der Waals surface area contributed by atoms with Gasteiger partial charge in [0.15, 0.2) is 5.78 Å². The van der Waals surface area contributed by atoms with Crippen LogP contribution in [0.3, 0.4) is 0 Å². The lowest BCUT2D eigenvalue weighted by Crippen LogP contribution is -2.40. The number of hydrogen-bond donors (Lipinski definition) is 1. The van der Waals surface area contributed by atoms with Crippen molar-refractivity contribution in [2.75, 3.05) is 0 Å². The molecule has 0 spiro atoms. The molecule has 0 radical (unpaired) electrons. The number of carbonyl (C=O) groups excluding carboxylic acids is 1. The molecule has 0 bridgehead atoms. The Morgan fingerprint density at radius 3 is 2.76 bits per heavy atom. The van der Waals surface area contributed by atoms with Gasteiger partial charge in [-0.3, -0.25) is 4.79 Å². The summed E-state index contributed by atoms with van der Waals surface area (Å²) in [6.07, 6.45) is 0. The van der Waals surface area contributed by atoms with Crippen LogP contribution in [-0.4, -0.2) is 5.78 Å². The molecule has 2 aromatic rings. The number of rotatable bonds is 0. The van der Waals surface area contributed by atoms with Gasteiger partial charge in [0.25, 0.3) is 0 Å². The average molecular weight is 226 g/mol. The predicted molar refractivity (Wildman–Crippen MR) is 63.2 cm³/mol. The first-order valence-corrected chi connectivity index (χ1v) is 5.47. The van der Waals surface area contributed by atoms with E-state index in [1.807, 2.05) is 30.3 Å². The van der Waals surface area contributed by atoms with E-state index in [0.717, 1.165) is 16.8 Å². The van der Waals surface area contributed by atoms with Crippen molar-refractivity contribution in [1.29, 1.82) is 0 Å². The van der Waals surface area contributed by atoms with Gasteiger partial charge in [0.05, 0.1) is 5.56 Å². The summed E-state index contributed by atoms with van der Waals surface area (Å²) < 4.78 is 5.67. The second kappa shape index (κ2) is 3.71. The molecule has 3 rings (SSSR count).